The van der Waals surface area contributed by atoms with E-state index in [1.54, 1.807) is 0 Å². The molecule has 0 aromatic heterocycles. The standard InChI is InChI=1S/C12H15BrO/c1-4-10-5-6-11(7-8(10)2)12(14)9(3)13/h5-7,9H,4H2,1-3H3. The van der Waals surface area contributed by atoms with E-state index in [1.165, 1.54) is 11.1 Å². The summed E-state index contributed by atoms with van der Waals surface area (Å²) < 4.78 is 0. The third-order valence-corrected chi connectivity index (χ3v) is 2.79. The van der Waals surface area contributed by atoms with Gasteiger partial charge in [-0.1, -0.05) is 35.0 Å². The Morgan fingerprint density at radius 1 is 1.50 bits per heavy atom. The molecule has 1 aromatic carbocycles. The molecule has 0 radical (unpaired) electrons. The zero-order valence-corrected chi connectivity index (χ0v) is 10.4. The van der Waals surface area contributed by atoms with Crippen LogP contribution < -0.4 is 0 Å². The highest BCUT2D eigenvalue weighted by atomic mass is 79.9. The fraction of sp³-hybridized carbons (Fsp3) is 0.417. The summed E-state index contributed by atoms with van der Waals surface area (Å²) in [5.41, 5.74) is 3.30. The van der Waals surface area contributed by atoms with Crippen LogP contribution in [-0.2, 0) is 6.42 Å². The average Bonchev–Trinajstić information content (AvgIpc) is 2.16. The Hall–Kier alpha value is -0.630. The average molecular weight is 255 g/mol. The SMILES string of the molecule is CCc1ccc(C(=O)C(C)Br)cc1C. The Kier molecular flexibility index (Phi) is 3.87. The van der Waals surface area contributed by atoms with E-state index in [4.69, 9.17) is 0 Å². The van der Waals surface area contributed by atoms with Crippen molar-refractivity contribution in [3.63, 3.8) is 0 Å². The Morgan fingerprint density at radius 2 is 2.14 bits per heavy atom. The van der Waals surface area contributed by atoms with Gasteiger partial charge in [-0.3, -0.25) is 4.79 Å². The Labute approximate surface area is 93.7 Å². The summed E-state index contributed by atoms with van der Waals surface area (Å²) >= 11 is 3.29. The van der Waals surface area contributed by atoms with Gasteiger partial charge in [-0.2, -0.15) is 0 Å². The van der Waals surface area contributed by atoms with E-state index in [-0.39, 0.29) is 10.6 Å². The molecule has 1 nitrogen and oxygen atoms in total. The van der Waals surface area contributed by atoms with Crippen molar-refractivity contribution < 1.29 is 4.79 Å². The molecule has 0 amide bonds. The lowest BCUT2D eigenvalue weighted by Gasteiger charge is -2.07. The van der Waals surface area contributed by atoms with E-state index in [0.29, 0.717) is 0 Å². The fourth-order valence-electron chi connectivity index (χ4n) is 1.48. The molecule has 1 atom stereocenters. The number of rotatable bonds is 3. The van der Waals surface area contributed by atoms with E-state index in [0.717, 1.165) is 12.0 Å². The van der Waals surface area contributed by atoms with Crippen LogP contribution in [0, 0.1) is 6.92 Å². The van der Waals surface area contributed by atoms with Crippen molar-refractivity contribution in [2.75, 3.05) is 0 Å². The van der Waals surface area contributed by atoms with Crippen molar-refractivity contribution >= 4 is 21.7 Å². The fourth-order valence-corrected chi connectivity index (χ4v) is 1.74. The Balaban J connectivity index is 3.03. The number of aryl methyl sites for hydroxylation is 2. The van der Waals surface area contributed by atoms with Gasteiger partial charge in [0, 0.05) is 5.56 Å². The second kappa shape index (κ2) is 4.74. The van der Waals surface area contributed by atoms with E-state index >= 15 is 0 Å². The number of ketones is 1. The molecule has 76 valence electrons. The van der Waals surface area contributed by atoms with Crippen LogP contribution in [-0.4, -0.2) is 10.6 Å². The predicted molar refractivity (Wildman–Crippen MR) is 63.3 cm³/mol. The van der Waals surface area contributed by atoms with Crippen molar-refractivity contribution in [3.8, 4) is 0 Å². The second-order valence-corrected chi connectivity index (χ2v) is 4.85. The van der Waals surface area contributed by atoms with Crippen LogP contribution in [0.4, 0.5) is 0 Å². The molecule has 2 heteroatoms. The van der Waals surface area contributed by atoms with Crippen LogP contribution in [0.25, 0.3) is 0 Å². The number of benzene rings is 1. The number of halogens is 1. The number of hydrogen-bond donors (Lipinski definition) is 0. The maximum absolute atomic E-state index is 11.6. The molecule has 0 saturated heterocycles. The number of carbonyl (C=O) groups excluding carboxylic acids is 1. The van der Waals surface area contributed by atoms with Crippen LogP contribution in [0.2, 0.25) is 0 Å². The lowest BCUT2D eigenvalue weighted by molar-refractivity contribution is 0.0996. The highest BCUT2D eigenvalue weighted by Gasteiger charge is 2.12. The molecule has 1 aromatic rings. The van der Waals surface area contributed by atoms with Crippen LogP contribution in [0.5, 0.6) is 0 Å². The van der Waals surface area contributed by atoms with Gasteiger partial charge in [0.05, 0.1) is 4.83 Å². The number of alkyl halides is 1. The molecule has 0 spiro atoms. The molecule has 0 saturated carbocycles. The topological polar surface area (TPSA) is 17.1 Å². The molecule has 0 aliphatic rings. The molecular weight excluding hydrogens is 240 g/mol. The smallest absolute Gasteiger partial charge is 0.176 e. The summed E-state index contributed by atoms with van der Waals surface area (Å²) in [5, 5.41) is 0. The minimum atomic E-state index is -0.102. The van der Waals surface area contributed by atoms with E-state index in [9.17, 15) is 4.79 Å². The van der Waals surface area contributed by atoms with Crippen LogP contribution >= 0.6 is 15.9 Å². The molecule has 0 N–H and O–H groups in total. The summed E-state index contributed by atoms with van der Waals surface area (Å²) in [7, 11) is 0. The Morgan fingerprint density at radius 3 is 2.57 bits per heavy atom. The number of hydrogen-bond acceptors (Lipinski definition) is 1. The first-order valence-electron chi connectivity index (χ1n) is 4.84. The molecule has 0 aliphatic heterocycles. The number of carbonyl (C=O) groups is 1. The van der Waals surface area contributed by atoms with E-state index < -0.39 is 0 Å². The minimum Gasteiger partial charge on any atom is -0.293 e. The van der Waals surface area contributed by atoms with Crippen LogP contribution in [0.15, 0.2) is 18.2 Å². The third-order valence-electron chi connectivity index (χ3n) is 2.37. The summed E-state index contributed by atoms with van der Waals surface area (Å²) in [5.74, 6) is 0.149. The lowest BCUT2D eigenvalue weighted by atomic mass is 10.0. The summed E-state index contributed by atoms with van der Waals surface area (Å²) in [6, 6.07) is 5.92. The summed E-state index contributed by atoms with van der Waals surface area (Å²) in [6.45, 7) is 6.02. The van der Waals surface area contributed by atoms with Crippen molar-refractivity contribution in [1.82, 2.24) is 0 Å². The molecule has 1 rings (SSSR count). The zero-order valence-electron chi connectivity index (χ0n) is 8.80. The van der Waals surface area contributed by atoms with Gasteiger partial charge in [0.1, 0.15) is 0 Å². The first-order valence-corrected chi connectivity index (χ1v) is 5.75. The molecule has 0 aliphatic carbocycles. The van der Waals surface area contributed by atoms with Gasteiger partial charge < -0.3 is 0 Å². The molecular formula is C12H15BrO. The third kappa shape index (κ3) is 2.44. The summed E-state index contributed by atoms with van der Waals surface area (Å²) in [6.07, 6.45) is 1.02. The Bertz CT molecular complexity index is 342. The highest BCUT2D eigenvalue weighted by Crippen LogP contribution is 2.15. The van der Waals surface area contributed by atoms with Gasteiger partial charge in [0.15, 0.2) is 5.78 Å². The first-order chi connectivity index (χ1) is 6.56. The first kappa shape index (κ1) is 11.4. The van der Waals surface area contributed by atoms with Gasteiger partial charge in [-0.05, 0) is 37.5 Å². The molecule has 0 heterocycles. The van der Waals surface area contributed by atoms with Gasteiger partial charge >= 0.3 is 0 Å². The van der Waals surface area contributed by atoms with Gasteiger partial charge in [-0.15, -0.1) is 0 Å². The van der Waals surface area contributed by atoms with Gasteiger partial charge in [-0.25, -0.2) is 0 Å². The van der Waals surface area contributed by atoms with Gasteiger partial charge in [0.2, 0.25) is 0 Å². The maximum Gasteiger partial charge on any atom is 0.176 e. The minimum absolute atomic E-state index is 0.102. The molecule has 0 bridgehead atoms. The maximum atomic E-state index is 11.6. The van der Waals surface area contributed by atoms with E-state index in [2.05, 4.69) is 29.8 Å². The molecule has 0 fully saturated rings. The quantitative estimate of drug-likeness (QED) is 0.596. The largest absolute Gasteiger partial charge is 0.293 e. The van der Waals surface area contributed by atoms with Crippen LogP contribution in [0.1, 0.15) is 35.3 Å². The highest BCUT2D eigenvalue weighted by molar-refractivity contribution is 9.10. The van der Waals surface area contributed by atoms with Crippen LogP contribution in [0.3, 0.4) is 0 Å². The second-order valence-electron chi connectivity index (χ2n) is 3.48. The monoisotopic (exact) mass is 254 g/mol. The normalized spacial score (nSPS) is 12.6. The van der Waals surface area contributed by atoms with E-state index in [1.807, 2.05) is 25.1 Å². The van der Waals surface area contributed by atoms with Crippen molar-refractivity contribution in [2.24, 2.45) is 0 Å². The lowest BCUT2D eigenvalue weighted by Crippen LogP contribution is -2.10. The zero-order chi connectivity index (χ0) is 10.7. The summed E-state index contributed by atoms with van der Waals surface area (Å²) in [4.78, 5) is 11.5. The predicted octanol–water partition coefficient (Wildman–Crippen LogP) is 3.52. The van der Waals surface area contributed by atoms with Crippen molar-refractivity contribution in [2.45, 2.75) is 32.0 Å². The van der Waals surface area contributed by atoms with Gasteiger partial charge in [0.25, 0.3) is 0 Å². The van der Waals surface area contributed by atoms with Crippen molar-refractivity contribution in [3.05, 3.63) is 34.9 Å². The molecule has 1 unspecified atom stereocenters. The number of Topliss-reactive ketones (excluding diaryl/α,β-unsaturated/α-hetero) is 1. The van der Waals surface area contributed by atoms with Crippen molar-refractivity contribution in [1.29, 1.82) is 0 Å². The molecule has 14 heavy (non-hydrogen) atoms.